The van der Waals surface area contributed by atoms with E-state index in [1.54, 1.807) is 11.3 Å². The van der Waals surface area contributed by atoms with E-state index in [0.717, 1.165) is 62.6 Å². The topological polar surface area (TPSA) is 57.3 Å². The molecule has 1 fully saturated rings. The third-order valence-corrected chi connectivity index (χ3v) is 6.50. The molecule has 2 aliphatic rings. The van der Waals surface area contributed by atoms with Gasteiger partial charge in [0.2, 0.25) is 5.91 Å². The Labute approximate surface area is 182 Å². The number of hydrogen-bond acceptors (Lipinski definition) is 5. The molecular weight excluding hydrogens is 415 g/mol. The van der Waals surface area contributed by atoms with E-state index < -0.39 is 0 Å². The normalized spacial score (nSPS) is 22.3. The van der Waals surface area contributed by atoms with Crippen LogP contribution in [0.5, 0.6) is 0 Å². The van der Waals surface area contributed by atoms with Gasteiger partial charge in [-0.2, -0.15) is 0 Å². The van der Waals surface area contributed by atoms with Crippen molar-refractivity contribution in [3.05, 3.63) is 41.4 Å². The Morgan fingerprint density at radius 1 is 1.18 bits per heavy atom. The Morgan fingerprint density at radius 3 is 2.71 bits per heavy atom. The molecular formula is C20H28Cl2N4OS. The fraction of sp³-hybridized carbons (Fsp3) is 0.500. The van der Waals surface area contributed by atoms with Gasteiger partial charge in [0.25, 0.3) is 0 Å². The molecule has 0 saturated carbocycles. The van der Waals surface area contributed by atoms with E-state index in [-0.39, 0.29) is 42.6 Å². The van der Waals surface area contributed by atoms with Gasteiger partial charge in [-0.25, -0.2) is 4.98 Å². The van der Waals surface area contributed by atoms with Crippen molar-refractivity contribution in [3.63, 3.8) is 0 Å². The number of halogens is 2. The molecule has 8 heteroatoms. The number of thiazole rings is 1. The van der Waals surface area contributed by atoms with Crippen LogP contribution in [0.15, 0.2) is 36.4 Å². The number of aromatic nitrogens is 1. The number of hydrogen-bond donors (Lipinski definition) is 2. The zero-order valence-corrected chi connectivity index (χ0v) is 18.3. The Hall–Kier alpha value is -1.18. The number of nitrogens with one attached hydrogen (secondary N) is 2. The van der Waals surface area contributed by atoms with Crippen LogP contribution >= 0.6 is 36.2 Å². The smallest absolute Gasteiger partial charge is 0.224 e. The number of nitrogens with zero attached hydrogens (tertiary/aromatic N) is 2. The minimum Gasteiger partial charge on any atom is -0.355 e. The third-order valence-electron chi connectivity index (χ3n) is 5.33. The fourth-order valence-corrected chi connectivity index (χ4v) is 4.97. The molecule has 1 aliphatic carbocycles. The molecule has 5 nitrogen and oxygen atoms in total. The summed E-state index contributed by atoms with van der Waals surface area (Å²) in [5, 5.41) is 7.63. The Morgan fingerprint density at radius 2 is 1.93 bits per heavy atom. The SMILES string of the molecule is Cl.Cl.O=C(NCCN1CCNCC1)C1CC=CCC1c1nc2ccccc2s1. The van der Waals surface area contributed by atoms with Crippen LogP contribution in [0.1, 0.15) is 23.8 Å². The molecule has 2 unspecified atom stereocenters. The van der Waals surface area contributed by atoms with E-state index in [4.69, 9.17) is 4.98 Å². The summed E-state index contributed by atoms with van der Waals surface area (Å²) in [6.45, 7) is 5.88. The van der Waals surface area contributed by atoms with Crippen LogP contribution in [0.3, 0.4) is 0 Å². The van der Waals surface area contributed by atoms with Gasteiger partial charge in [0.1, 0.15) is 0 Å². The van der Waals surface area contributed by atoms with Crippen LogP contribution in [0.2, 0.25) is 0 Å². The lowest BCUT2D eigenvalue weighted by Crippen LogP contribution is -2.47. The van der Waals surface area contributed by atoms with E-state index in [2.05, 4.69) is 39.8 Å². The van der Waals surface area contributed by atoms with Crippen molar-refractivity contribution < 1.29 is 4.79 Å². The van der Waals surface area contributed by atoms with Gasteiger partial charge in [0.15, 0.2) is 0 Å². The molecule has 1 saturated heterocycles. The molecule has 0 radical (unpaired) electrons. The molecule has 4 rings (SSSR count). The maximum Gasteiger partial charge on any atom is 0.224 e. The number of para-hydroxylation sites is 1. The number of amides is 1. The van der Waals surface area contributed by atoms with Crippen LogP contribution < -0.4 is 10.6 Å². The van der Waals surface area contributed by atoms with Crippen LogP contribution in [0.4, 0.5) is 0 Å². The van der Waals surface area contributed by atoms with Crippen molar-refractivity contribution in [1.82, 2.24) is 20.5 Å². The quantitative estimate of drug-likeness (QED) is 0.697. The molecule has 154 valence electrons. The number of piperazine rings is 1. The molecule has 0 bridgehead atoms. The van der Waals surface area contributed by atoms with Crippen LogP contribution in [-0.2, 0) is 4.79 Å². The Balaban J connectivity index is 0.00000140. The van der Waals surface area contributed by atoms with Gasteiger partial charge < -0.3 is 10.6 Å². The summed E-state index contributed by atoms with van der Waals surface area (Å²) >= 11 is 1.73. The molecule has 1 aliphatic heterocycles. The van der Waals surface area contributed by atoms with Crippen molar-refractivity contribution in [2.45, 2.75) is 18.8 Å². The monoisotopic (exact) mass is 442 g/mol. The van der Waals surface area contributed by atoms with Crippen molar-refractivity contribution in [3.8, 4) is 0 Å². The van der Waals surface area contributed by atoms with Crippen LogP contribution in [-0.4, -0.2) is 55.1 Å². The first-order valence-electron chi connectivity index (χ1n) is 9.52. The summed E-state index contributed by atoms with van der Waals surface area (Å²) < 4.78 is 1.20. The van der Waals surface area contributed by atoms with E-state index in [1.165, 1.54) is 4.70 Å². The molecule has 2 N–H and O–H groups in total. The standard InChI is InChI=1S/C20H26N4OS.2ClH/c25-19(22-11-14-24-12-9-21-10-13-24)15-5-1-2-6-16(15)20-23-17-7-3-4-8-18(17)26-20;;/h1-4,7-8,15-16,21H,5-6,9-14H2,(H,22,25);2*1H. The molecule has 1 amide bonds. The lowest BCUT2D eigenvalue weighted by Gasteiger charge is -2.29. The predicted molar refractivity (Wildman–Crippen MR) is 121 cm³/mol. The van der Waals surface area contributed by atoms with Gasteiger partial charge in [-0.1, -0.05) is 24.3 Å². The summed E-state index contributed by atoms with van der Waals surface area (Å²) in [4.78, 5) is 20.1. The molecule has 28 heavy (non-hydrogen) atoms. The average molecular weight is 443 g/mol. The number of carbonyl (C=O) groups is 1. The highest BCUT2D eigenvalue weighted by atomic mass is 35.5. The largest absolute Gasteiger partial charge is 0.355 e. The number of carbonyl (C=O) groups excluding carboxylic acids is 1. The van der Waals surface area contributed by atoms with Crippen molar-refractivity contribution in [2.75, 3.05) is 39.3 Å². The molecule has 2 aromatic rings. The summed E-state index contributed by atoms with van der Waals surface area (Å²) in [6, 6.07) is 8.23. The fourth-order valence-electron chi connectivity index (χ4n) is 3.83. The second-order valence-electron chi connectivity index (χ2n) is 7.06. The lowest BCUT2D eigenvalue weighted by molar-refractivity contribution is -0.125. The summed E-state index contributed by atoms with van der Waals surface area (Å²) in [5.74, 6) is 0.355. The highest BCUT2D eigenvalue weighted by molar-refractivity contribution is 7.18. The first kappa shape index (κ1) is 23.1. The number of rotatable bonds is 5. The Bertz CT molecular complexity index is 758. The summed E-state index contributed by atoms with van der Waals surface area (Å²) in [6.07, 6.45) is 6.04. The predicted octanol–water partition coefficient (Wildman–Crippen LogP) is 3.21. The summed E-state index contributed by atoms with van der Waals surface area (Å²) in [5.41, 5.74) is 1.04. The zero-order valence-electron chi connectivity index (χ0n) is 15.8. The van der Waals surface area contributed by atoms with E-state index in [1.807, 2.05) is 12.1 Å². The third kappa shape index (κ3) is 5.45. The maximum absolute atomic E-state index is 12.8. The first-order valence-corrected chi connectivity index (χ1v) is 10.3. The van der Waals surface area contributed by atoms with Gasteiger partial charge in [-0.05, 0) is 25.0 Å². The van der Waals surface area contributed by atoms with Gasteiger partial charge >= 0.3 is 0 Å². The van der Waals surface area contributed by atoms with E-state index in [9.17, 15) is 4.79 Å². The van der Waals surface area contributed by atoms with Gasteiger partial charge in [0, 0.05) is 45.2 Å². The summed E-state index contributed by atoms with van der Waals surface area (Å²) in [7, 11) is 0. The second-order valence-corrected chi connectivity index (χ2v) is 8.12. The molecule has 2 atom stereocenters. The highest BCUT2D eigenvalue weighted by Gasteiger charge is 2.32. The molecule has 1 aromatic heterocycles. The highest BCUT2D eigenvalue weighted by Crippen LogP contribution is 2.38. The number of allylic oxidation sites excluding steroid dienone is 2. The molecule has 1 aromatic carbocycles. The second kappa shape index (κ2) is 11.1. The zero-order chi connectivity index (χ0) is 17.8. The van der Waals surface area contributed by atoms with Crippen LogP contribution in [0.25, 0.3) is 10.2 Å². The van der Waals surface area contributed by atoms with Crippen molar-refractivity contribution >= 4 is 52.3 Å². The van der Waals surface area contributed by atoms with Crippen molar-refractivity contribution in [1.29, 1.82) is 0 Å². The van der Waals surface area contributed by atoms with Gasteiger partial charge in [-0.15, -0.1) is 36.2 Å². The molecule has 2 heterocycles. The van der Waals surface area contributed by atoms with E-state index >= 15 is 0 Å². The molecule has 0 spiro atoms. The van der Waals surface area contributed by atoms with Crippen molar-refractivity contribution in [2.24, 2.45) is 5.92 Å². The number of benzene rings is 1. The minimum atomic E-state index is -0.0106. The lowest BCUT2D eigenvalue weighted by atomic mass is 9.82. The maximum atomic E-state index is 12.8. The van der Waals surface area contributed by atoms with Gasteiger partial charge in [-0.3, -0.25) is 9.69 Å². The Kier molecular flexibility index (Phi) is 9.18. The average Bonchev–Trinajstić information content (AvgIpc) is 3.13. The van der Waals surface area contributed by atoms with Crippen LogP contribution in [0, 0.1) is 5.92 Å². The van der Waals surface area contributed by atoms with Gasteiger partial charge in [0.05, 0.1) is 21.1 Å². The first-order chi connectivity index (χ1) is 12.8. The minimum absolute atomic E-state index is 0. The van der Waals surface area contributed by atoms with E-state index in [0.29, 0.717) is 0 Å². The number of fused-ring (bicyclic) bond motifs is 1.